The number of hydrogen-bond acceptors (Lipinski definition) is 7. The van der Waals surface area contributed by atoms with Crippen LogP contribution in [0.5, 0.6) is 0 Å². The molecule has 10 nitrogen and oxygen atoms in total. The fourth-order valence-electron chi connectivity index (χ4n) is 3.59. The second kappa shape index (κ2) is 9.96. The molecule has 182 valence electrons. The number of anilines is 2. The van der Waals surface area contributed by atoms with Crippen molar-refractivity contribution in [1.29, 1.82) is 0 Å². The van der Waals surface area contributed by atoms with Crippen LogP contribution in [0.25, 0.3) is 5.69 Å². The van der Waals surface area contributed by atoms with E-state index in [0.29, 0.717) is 37.7 Å². The van der Waals surface area contributed by atoms with Gasteiger partial charge in [-0.15, -0.1) is 0 Å². The quantitative estimate of drug-likeness (QED) is 0.617. The van der Waals surface area contributed by atoms with Crippen molar-refractivity contribution in [1.82, 2.24) is 19.7 Å². The Morgan fingerprint density at radius 1 is 0.914 bits per heavy atom. The number of pyridine rings is 1. The number of benzene rings is 1. The van der Waals surface area contributed by atoms with Crippen LogP contribution >= 0.6 is 0 Å². The SMILES string of the molecule is CC(C)(C)OC(=O)N1CCN(c2ccc(NC(=O)c3ccc(=O)n(-c4ccccc4)n3)nc2)CC1. The van der Waals surface area contributed by atoms with Crippen molar-refractivity contribution in [2.75, 3.05) is 36.4 Å². The summed E-state index contributed by atoms with van der Waals surface area (Å²) >= 11 is 0. The molecule has 1 aromatic carbocycles. The fraction of sp³-hybridized carbons (Fsp3) is 0.320. The lowest BCUT2D eigenvalue weighted by Gasteiger charge is -2.36. The molecular formula is C25H28N6O4. The summed E-state index contributed by atoms with van der Waals surface area (Å²) < 4.78 is 6.62. The number of rotatable bonds is 4. The predicted molar refractivity (Wildman–Crippen MR) is 132 cm³/mol. The topological polar surface area (TPSA) is 110 Å². The molecule has 0 bridgehead atoms. The largest absolute Gasteiger partial charge is 0.444 e. The molecule has 0 spiro atoms. The minimum absolute atomic E-state index is 0.0950. The molecule has 1 aliphatic heterocycles. The van der Waals surface area contributed by atoms with Gasteiger partial charge in [-0.2, -0.15) is 9.78 Å². The second-order valence-electron chi connectivity index (χ2n) is 9.11. The zero-order valence-electron chi connectivity index (χ0n) is 20.0. The molecule has 0 aliphatic carbocycles. The Bertz CT molecular complexity index is 1240. The van der Waals surface area contributed by atoms with Crippen LogP contribution in [-0.4, -0.2) is 63.4 Å². The van der Waals surface area contributed by atoms with Gasteiger partial charge in [0, 0.05) is 32.2 Å². The average molecular weight is 477 g/mol. The Morgan fingerprint density at radius 3 is 2.26 bits per heavy atom. The number of para-hydroxylation sites is 1. The highest BCUT2D eigenvalue weighted by atomic mass is 16.6. The number of nitrogens with zero attached hydrogens (tertiary/aromatic N) is 5. The molecule has 3 aromatic rings. The van der Waals surface area contributed by atoms with Gasteiger partial charge in [0.2, 0.25) is 0 Å². The van der Waals surface area contributed by atoms with E-state index in [1.165, 1.54) is 16.8 Å². The number of nitrogens with one attached hydrogen (secondary N) is 1. The normalized spacial score (nSPS) is 13.9. The first-order valence-electron chi connectivity index (χ1n) is 11.4. The summed E-state index contributed by atoms with van der Waals surface area (Å²) in [6.45, 7) is 7.96. The number of aromatic nitrogens is 3. The molecular weight excluding hydrogens is 448 g/mol. The minimum Gasteiger partial charge on any atom is -0.444 e. The maximum absolute atomic E-state index is 12.7. The van der Waals surface area contributed by atoms with Gasteiger partial charge in [-0.05, 0) is 51.1 Å². The van der Waals surface area contributed by atoms with Gasteiger partial charge in [0.25, 0.3) is 11.5 Å². The van der Waals surface area contributed by atoms with Crippen LogP contribution in [0.4, 0.5) is 16.3 Å². The number of piperazine rings is 1. The molecule has 2 amide bonds. The summed E-state index contributed by atoms with van der Waals surface area (Å²) in [6.07, 6.45) is 1.37. The molecule has 0 saturated carbocycles. The van der Waals surface area contributed by atoms with Gasteiger partial charge in [0.05, 0.1) is 17.6 Å². The van der Waals surface area contributed by atoms with E-state index in [0.717, 1.165) is 5.69 Å². The van der Waals surface area contributed by atoms with E-state index in [9.17, 15) is 14.4 Å². The highest BCUT2D eigenvalue weighted by molar-refractivity contribution is 6.02. The number of ether oxygens (including phenoxy) is 1. The van der Waals surface area contributed by atoms with E-state index in [1.54, 1.807) is 41.4 Å². The molecule has 1 N–H and O–H groups in total. The molecule has 1 aliphatic rings. The summed E-state index contributed by atoms with van der Waals surface area (Å²) in [5, 5.41) is 6.90. The number of hydrogen-bond donors (Lipinski definition) is 1. The van der Waals surface area contributed by atoms with Crippen LogP contribution in [0.3, 0.4) is 0 Å². The van der Waals surface area contributed by atoms with Crippen molar-refractivity contribution >= 4 is 23.5 Å². The van der Waals surface area contributed by atoms with Crippen molar-refractivity contribution < 1.29 is 14.3 Å². The van der Waals surface area contributed by atoms with Crippen molar-refractivity contribution in [3.8, 4) is 5.69 Å². The summed E-state index contributed by atoms with van der Waals surface area (Å²) in [5.74, 6) is -0.105. The van der Waals surface area contributed by atoms with Crippen LogP contribution in [0, 0.1) is 0 Å². The molecule has 2 aromatic heterocycles. The Balaban J connectivity index is 1.37. The Hall–Kier alpha value is -4.21. The summed E-state index contributed by atoms with van der Waals surface area (Å²) in [7, 11) is 0. The zero-order chi connectivity index (χ0) is 25.0. The lowest BCUT2D eigenvalue weighted by Crippen LogP contribution is -2.50. The first-order valence-corrected chi connectivity index (χ1v) is 11.4. The monoisotopic (exact) mass is 476 g/mol. The smallest absolute Gasteiger partial charge is 0.410 e. The summed E-state index contributed by atoms with van der Waals surface area (Å²) in [6, 6.07) is 15.2. The summed E-state index contributed by atoms with van der Waals surface area (Å²) in [5.41, 5.74) is 0.704. The lowest BCUT2D eigenvalue weighted by atomic mass is 10.2. The third-order valence-corrected chi connectivity index (χ3v) is 5.32. The van der Waals surface area contributed by atoms with Gasteiger partial charge in [0.15, 0.2) is 0 Å². The van der Waals surface area contributed by atoms with Gasteiger partial charge in [-0.3, -0.25) is 9.59 Å². The van der Waals surface area contributed by atoms with Gasteiger partial charge < -0.3 is 19.9 Å². The third kappa shape index (κ3) is 6.03. The maximum atomic E-state index is 12.7. The van der Waals surface area contributed by atoms with Gasteiger partial charge in [-0.1, -0.05) is 18.2 Å². The highest BCUT2D eigenvalue weighted by Gasteiger charge is 2.26. The maximum Gasteiger partial charge on any atom is 0.410 e. The molecule has 3 heterocycles. The first-order chi connectivity index (χ1) is 16.7. The van der Waals surface area contributed by atoms with Crippen LogP contribution in [0.2, 0.25) is 0 Å². The van der Waals surface area contributed by atoms with Crippen LogP contribution in [0.1, 0.15) is 31.3 Å². The predicted octanol–water partition coefficient (Wildman–Crippen LogP) is 2.94. The van der Waals surface area contributed by atoms with E-state index < -0.39 is 11.5 Å². The van der Waals surface area contributed by atoms with Crippen LogP contribution < -0.4 is 15.8 Å². The molecule has 1 saturated heterocycles. The molecule has 35 heavy (non-hydrogen) atoms. The molecule has 4 rings (SSSR count). The number of amides is 2. The van der Waals surface area contributed by atoms with E-state index in [4.69, 9.17) is 4.74 Å². The zero-order valence-corrected chi connectivity index (χ0v) is 20.0. The summed E-state index contributed by atoms with van der Waals surface area (Å²) in [4.78, 5) is 45.3. The first kappa shape index (κ1) is 23.9. The Kier molecular flexibility index (Phi) is 6.81. The van der Waals surface area contributed by atoms with Gasteiger partial charge in [-0.25, -0.2) is 9.78 Å². The molecule has 10 heteroatoms. The van der Waals surface area contributed by atoms with Crippen LogP contribution in [0.15, 0.2) is 65.6 Å². The van der Waals surface area contributed by atoms with Crippen molar-refractivity contribution in [3.05, 3.63) is 76.8 Å². The fourth-order valence-corrected chi connectivity index (χ4v) is 3.59. The molecule has 0 atom stereocenters. The lowest BCUT2D eigenvalue weighted by molar-refractivity contribution is 0.0240. The van der Waals surface area contributed by atoms with E-state index in [2.05, 4.69) is 20.3 Å². The molecule has 0 unspecified atom stereocenters. The third-order valence-electron chi connectivity index (χ3n) is 5.32. The van der Waals surface area contributed by atoms with Gasteiger partial charge >= 0.3 is 6.09 Å². The standard InChI is InChI=1S/C25H28N6O4/c1-25(2,3)35-24(34)30-15-13-29(14-16-30)19-9-11-21(26-17-19)27-23(33)20-10-12-22(32)31(28-20)18-7-5-4-6-8-18/h4-12,17H,13-16H2,1-3H3,(H,26,27,33). The van der Waals surface area contributed by atoms with Crippen molar-refractivity contribution in [2.24, 2.45) is 0 Å². The van der Waals surface area contributed by atoms with E-state index >= 15 is 0 Å². The average Bonchev–Trinajstić information content (AvgIpc) is 2.84. The molecule has 0 radical (unpaired) electrons. The second-order valence-corrected chi connectivity index (χ2v) is 9.11. The van der Waals surface area contributed by atoms with E-state index in [-0.39, 0.29) is 17.3 Å². The molecule has 1 fully saturated rings. The number of carbonyl (C=O) groups excluding carboxylic acids is 2. The Labute approximate surface area is 203 Å². The van der Waals surface area contributed by atoms with E-state index in [1.807, 2.05) is 32.9 Å². The highest BCUT2D eigenvalue weighted by Crippen LogP contribution is 2.19. The van der Waals surface area contributed by atoms with Crippen LogP contribution in [-0.2, 0) is 4.74 Å². The van der Waals surface area contributed by atoms with Crippen molar-refractivity contribution in [2.45, 2.75) is 26.4 Å². The number of carbonyl (C=O) groups is 2. The Morgan fingerprint density at radius 2 is 1.63 bits per heavy atom. The minimum atomic E-state index is -0.521. The van der Waals surface area contributed by atoms with Crippen molar-refractivity contribution in [3.63, 3.8) is 0 Å². The van der Waals surface area contributed by atoms with Gasteiger partial charge in [0.1, 0.15) is 17.1 Å².